The minimum Gasteiger partial charge on any atom is -0.480 e. The van der Waals surface area contributed by atoms with E-state index in [2.05, 4.69) is 10.0 Å². The molecule has 50 heavy (non-hydrogen) atoms. The first-order valence-electron chi connectivity index (χ1n) is 16.0. The zero-order valence-electron chi connectivity index (χ0n) is 27.4. The molecule has 0 amide bonds. The number of carbonyl (C=O) groups is 2. The second kappa shape index (κ2) is 16.7. The van der Waals surface area contributed by atoms with Gasteiger partial charge in [-0.2, -0.15) is 0 Å². The van der Waals surface area contributed by atoms with Crippen molar-refractivity contribution in [2.24, 2.45) is 5.11 Å². The molecule has 3 aromatic carbocycles. The van der Waals surface area contributed by atoms with Gasteiger partial charge in [-0.1, -0.05) is 96.1 Å². The normalized spacial score (nSPS) is 28.9. The van der Waals surface area contributed by atoms with E-state index in [0.717, 1.165) is 23.0 Å². The molecule has 3 aromatic rings. The van der Waals surface area contributed by atoms with E-state index in [4.69, 9.17) is 42.6 Å². The monoisotopic (exact) mass is 687 g/mol. The second-order valence-electron chi connectivity index (χ2n) is 11.7. The van der Waals surface area contributed by atoms with Crippen molar-refractivity contribution < 1.29 is 52.2 Å². The molecule has 0 unspecified atom stereocenters. The molecule has 3 heterocycles. The largest absolute Gasteiger partial charge is 0.480 e. The summed E-state index contributed by atoms with van der Waals surface area (Å²) in [4.78, 5) is 28.3. The van der Waals surface area contributed by atoms with E-state index >= 15 is 0 Å². The second-order valence-corrected chi connectivity index (χ2v) is 11.7. The standard InChI is InChI=1S/C36H37N3O11/c1-22(40)47-26-20-45-33(34(41)42-2)32(29(26)43-18-23-12-6-3-7-13-23)50-36-28(38-39-37)31(44-19-24-14-8-4-9-15-24)30-27(48-36)21-46-35(49-30)25-16-10-5-11-17-25/h3-17,20,27-33,35-36H,18-19,21H2,1-2H3/t27-,28-,29-,30-,31-,32+,33-,35-,36-/m1/s1. The Morgan fingerprint density at radius 2 is 1.52 bits per heavy atom. The topological polar surface area (TPSA) is 166 Å². The third-order valence-electron chi connectivity index (χ3n) is 8.32. The highest BCUT2D eigenvalue weighted by molar-refractivity contribution is 5.76. The number of nitrogens with zero attached hydrogens (tertiary/aromatic N) is 3. The molecule has 6 rings (SSSR count). The van der Waals surface area contributed by atoms with Crippen molar-refractivity contribution in [2.45, 2.75) is 75.4 Å². The number of ether oxygens (including phenoxy) is 9. The van der Waals surface area contributed by atoms with Crippen LogP contribution in [0.15, 0.2) is 108 Å². The Morgan fingerprint density at radius 1 is 0.880 bits per heavy atom. The molecule has 0 saturated carbocycles. The molecule has 0 radical (unpaired) electrons. The van der Waals surface area contributed by atoms with Gasteiger partial charge in [0.2, 0.25) is 6.10 Å². The van der Waals surface area contributed by atoms with Gasteiger partial charge in [-0.3, -0.25) is 4.79 Å². The molecule has 0 aliphatic carbocycles. The lowest BCUT2D eigenvalue weighted by atomic mass is 9.95. The molecule has 14 nitrogen and oxygen atoms in total. The minimum absolute atomic E-state index is 0.0421. The van der Waals surface area contributed by atoms with E-state index in [-0.39, 0.29) is 25.6 Å². The fourth-order valence-corrected chi connectivity index (χ4v) is 5.99. The van der Waals surface area contributed by atoms with Crippen LogP contribution in [0.1, 0.15) is 29.9 Å². The van der Waals surface area contributed by atoms with Gasteiger partial charge in [-0.15, -0.1) is 0 Å². The Bertz CT molecular complexity index is 1660. The maximum atomic E-state index is 13.1. The van der Waals surface area contributed by atoms with Crippen LogP contribution in [0.3, 0.4) is 0 Å². The number of rotatable bonds is 12. The average molecular weight is 688 g/mol. The van der Waals surface area contributed by atoms with Gasteiger partial charge in [0.25, 0.3) is 0 Å². The van der Waals surface area contributed by atoms with Crippen molar-refractivity contribution in [1.29, 1.82) is 0 Å². The number of azide groups is 1. The first-order chi connectivity index (χ1) is 24.4. The predicted octanol–water partition coefficient (Wildman–Crippen LogP) is 5.04. The highest BCUT2D eigenvalue weighted by Gasteiger charge is 2.54. The maximum Gasteiger partial charge on any atom is 0.349 e. The third-order valence-corrected chi connectivity index (χ3v) is 8.32. The molecule has 0 aromatic heterocycles. The molecule has 0 spiro atoms. The molecule has 0 bridgehead atoms. The van der Waals surface area contributed by atoms with Crippen molar-refractivity contribution in [3.63, 3.8) is 0 Å². The van der Waals surface area contributed by atoms with Crippen LogP contribution in [0.25, 0.3) is 10.4 Å². The Balaban J connectivity index is 1.33. The summed E-state index contributed by atoms with van der Waals surface area (Å²) in [5.41, 5.74) is 12.3. The van der Waals surface area contributed by atoms with Crippen LogP contribution in [0.5, 0.6) is 0 Å². The lowest BCUT2D eigenvalue weighted by molar-refractivity contribution is -0.357. The number of fused-ring (bicyclic) bond motifs is 1. The Morgan fingerprint density at radius 3 is 2.14 bits per heavy atom. The van der Waals surface area contributed by atoms with E-state index in [1.165, 1.54) is 14.0 Å². The zero-order chi connectivity index (χ0) is 34.9. The summed E-state index contributed by atoms with van der Waals surface area (Å²) >= 11 is 0. The molecule has 3 aliphatic heterocycles. The summed E-state index contributed by atoms with van der Waals surface area (Å²) in [6, 6.07) is 27.0. The van der Waals surface area contributed by atoms with Gasteiger partial charge in [0.05, 0.1) is 26.9 Å². The van der Waals surface area contributed by atoms with E-state index in [9.17, 15) is 15.1 Å². The number of hydrogen-bond donors (Lipinski definition) is 0. The fourth-order valence-electron chi connectivity index (χ4n) is 5.99. The van der Waals surface area contributed by atoms with Gasteiger partial charge in [0, 0.05) is 17.4 Å². The van der Waals surface area contributed by atoms with Gasteiger partial charge in [0.1, 0.15) is 42.8 Å². The van der Waals surface area contributed by atoms with Gasteiger partial charge in [0.15, 0.2) is 18.3 Å². The lowest BCUT2D eigenvalue weighted by Gasteiger charge is -2.49. The van der Waals surface area contributed by atoms with Crippen molar-refractivity contribution in [2.75, 3.05) is 13.7 Å². The highest BCUT2D eigenvalue weighted by Crippen LogP contribution is 2.39. The van der Waals surface area contributed by atoms with Gasteiger partial charge < -0.3 is 42.6 Å². The average Bonchev–Trinajstić information content (AvgIpc) is 3.15. The van der Waals surface area contributed by atoms with Crippen LogP contribution in [0, 0.1) is 0 Å². The molecule has 9 atom stereocenters. The predicted molar refractivity (Wildman–Crippen MR) is 173 cm³/mol. The first-order valence-corrected chi connectivity index (χ1v) is 16.0. The molecule has 14 heteroatoms. The smallest absolute Gasteiger partial charge is 0.349 e. The third kappa shape index (κ3) is 8.32. The van der Waals surface area contributed by atoms with E-state index in [1.54, 1.807) is 0 Å². The van der Waals surface area contributed by atoms with Gasteiger partial charge >= 0.3 is 11.9 Å². The molecule has 0 N–H and O–H groups in total. The number of benzene rings is 3. The summed E-state index contributed by atoms with van der Waals surface area (Å²) < 4.78 is 54.4. The van der Waals surface area contributed by atoms with E-state index in [0.29, 0.717) is 0 Å². The molecular formula is C36H37N3O11. The van der Waals surface area contributed by atoms with Crippen molar-refractivity contribution in [3.8, 4) is 0 Å². The van der Waals surface area contributed by atoms with Crippen molar-refractivity contribution in [1.82, 2.24) is 0 Å². The van der Waals surface area contributed by atoms with Crippen LogP contribution < -0.4 is 0 Å². The number of methoxy groups -OCH3 is 1. The molecule has 3 aliphatic rings. The van der Waals surface area contributed by atoms with Crippen LogP contribution >= 0.6 is 0 Å². The summed E-state index contributed by atoms with van der Waals surface area (Å²) in [7, 11) is 1.20. The Kier molecular flexibility index (Phi) is 11.7. The van der Waals surface area contributed by atoms with Crippen molar-refractivity contribution in [3.05, 3.63) is 130 Å². The summed E-state index contributed by atoms with van der Waals surface area (Å²) in [6.45, 7) is 1.50. The first kappa shape index (κ1) is 35.1. The SMILES string of the molecule is COC(=O)[C@@H]1OC=C(OC(C)=O)[C@@H](OCc2ccccc2)[C@@H]1O[C@H]1O[C@@H]2CO[C@@H](c3ccccc3)O[C@H]2[C@H](OCc2ccccc2)[C@H]1N=[N+]=[N-]. The number of hydrogen-bond acceptors (Lipinski definition) is 12. The van der Waals surface area contributed by atoms with E-state index in [1.807, 2.05) is 91.0 Å². The van der Waals surface area contributed by atoms with Gasteiger partial charge in [-0.25, -0.2) is 4.79 Å². The van der Waals surface area contributed by atoms with Crippen LogP contribution in [0.2, 0.25) is 0 Å². The molecule has 262 valence electrons. The summed E-state index contributed by atoms with van der Waals surface area (Å²) in [5.74, 6) is -1.48. The van der Waals surface area contributed by atoms with Crippen molar-refractivity contribution >= 4 is 11.9 Å². The highest BCUT2D eigenvalue weighted by atomic mass is 16.8. The number of carbonyl (C=O) groups excluding carboxylic acids is 2. The quantitative estimate of drug-likeness (QED) is 0.108. The fraction of sp³-hybridized carbons (Fsp3) is 0.389. The zero-order valence-corrected chi connectivity index (χ0v) is 27.4. The van der Waals surface area contributed by atoms with Crippen LogP contribution in [-0.4, -0.2) is 74.6 Å². The Hall–Kier alpha value is -4.79. The van der Waals surface area contributed by atoms with E-state index < -0.39 is 67.2 Å². The summed E-state index contributed by atoms with van der Waals surface area (Å²) in [6.07, 6.45) is -7.25. The van der Waals surface area contributed by atoms with Crippen LogP contribution in [-0.2, 0) is 65.4 Å². The molecule has 2 fully saturated rings. The lowest BCUT2D eigenvalue weighted by Crippen LogP contribution is -2.64. The molecule has 2 saturated heterocycles. The van der Waals surface area contributed by atoms with Crippen LogP contribution in [0.4, 0.5) is 0 Å². The molecular weight excluding hydrogens is 650 g/mol. The minimum atomic E-state index is -1.39. The Labute approximate surface area is 288 Å². The van der Waals surface area contributed by atoms with Gasteiger partial charge in [-0.05, 0) is 16.7 Å². The maximum absolute atomic E-state index is 13.1. The number of esters is 2. The summed E-state index contributed by atoms with van der Waals surface area (Å²) in [5, 5.41) is 4.08.